The highest BCUT2D eigenvalue weighted by Crippen LogP contribution is 2.22. The Kier molecular flexibility index (Phi) is 7.31. The highest BCUT2D eigenvalue weighted by atomic mass is 16.5. The molecule has 0 aliphatic rings. The van der Waals surface area contributed by atoms with Gasteiger partial charge in [0.05, 0.1) is 18.2 Å². The first kappa shape index (κ1) is 19.6. The van der Waals surface area contributed by atoms with E-state index >= 15 is 0 Å². The second-order valence-electron chi connectivity index (χ2n) is 6.36. The predicted octanol–water partition coefficient (Wildman–Crippen LogP) is 3.16. The Hall–Kier alpha value is -2.48. The van der Waals surface area contributed by atoms with Crippen molar-refractivity contribution in [3.8, 4) is 17.6 Å². The molecule has 0 radical (unpaired) electrons. The normalized spacial score (nSPS) is 10.4. The molecule has 0 aromatic heterocycles. The highest BCUT2D eigenvalue weighted by molar-refractivity contribution is 6.00. The van der Waals surface area contributed by atoms with Crippen LogP contribution in [0.4, 0.5) is 0 Å². The summed E-state index contributed by atoms with van der Waals surface area (Å²) < 4.78 is 5.24. The number of nitrogens with zero attached hydrogens (tertiary/aromatic N) is 1. The van der Waals surface area contributed by atoms with E-state index in [2.05, 4.69) is 24.2 Å². The molecule has 1 aromatic carbocycles. The number of carbonyl (C=O) groups is 2. The van der Waals surface area contributed by atoms with Gasteiger partial charge < -0.3 is 4.74 Å². The minimum Gasteiger partial charge on any atom is -0.496 e. The van der Waals surface area contributed by atoms with Gasteiger partial charge in [-0.15, -0.1) is 0 Å². The van der Waals surface area contributed by atoms with Gasteiger partial charge in [-0.25, -0.2) is 5.01 Å². The molecule has 0 spiro atoms. The summed E-state index contributed by atoms with van der Waals surface area (Å²) in [4.78, 5) is 24.9. The number of hydrazine groups is 1. The first-order chi connectivity index (χ1) is 11.3. The summed E-state index contributed by atoms with van der Waals surface area (Å²) in [5.41, 5.74) is 2.37. The maximum Gasteiger partial charge on any atom is 0.314 e. The van der Waals surface area contributed by atoms with Crippen molar-refractivity contribution in [2.24, 2.45) is 0 Å². The fourth-order valence-corrected chi connectivity index (χ4v) is 2.00. The zero-order chi connectivity index (χ0) is 18.2. The van der Waals surface area contributed by atoms with Crippen LogP contribution in [0, 0.1) is 11.8 Å². The van der Waals surface area contributed by atoms with Crippen molar-refractivity contribution >= 4 is 11.8 Å². The average molecular weight is 330 g/mol. The van der Waals surface area contributed by atoms with Crippen LogP contribution in [0.2, 0.25) is 0 Å². The Bertz CT molecular complexity index is 636. The van der Waals surface area contributed by atoms with Crippen LogP contribution in [0.1, 0.15) is 57.3 Å². The molecule has 0 heterocycles. The van der Waals surface area contributed by atoms with E-state index in [1.54, 1.807) is 24.3 Å². The van der Waals surface area contributed by atoms with Crippen molar-refractivity contribution < 1.29 is 14.3 Å². The van der Waals surface area contributed by atoms with Crippen molar-refractivity contribution in [1.82, 2.24) is 10.4 Å². The Morgan fingerprint density at radius 3 is 2.50 bits per heavy atom. The Balaban J connectivity index is 2.99. The van der Waals surface area contributed by atoms with E-state index in [1.807, 2.05) is 20.8 Å². The van der Waals surface area contributed by atoms with E-state index in [4.69, 9.17) is 4.74 Å². The van der Waals surface area contributed by atoms with Crippen LogP contribution in [0.5, 0.6) is 5.75 Å². The zero-order valence-electron chi connectivity index (χ0n) is 15.1. The summed E-state index contributed by atoms with van der Waals surface area (Å²) in [5.74, 6) is 4.97. The summed E-state index contributed by atoms with van der Waals surface area (Å²) in [6.45, 7) is 7.58. The molecule has 0 saturated heterocycles. The van der Waals surface area contributed by atoms with Crippen LogP contribution in [0.3, 0.4) is 0 Å². The van der Waals surface area contributed by atoms with Crippen LogP contribution in [0.25, 0.3) is 0 Å². The molecule has 1 N–H and O–H groups in total. The Labute approximate surface area is 144 Å². The topological polar surface area (TPSA) is 58.6 Å². The molecule has 0 unspecified atom stereocenters. The number of para-hydroxylation sites is 1. The van der Waals surface area contributed by atoms with E-state index in [0.29, 0.717) is 17.7 Å². The minimum absolute atomic E-state index is 0.344. The molecule has 1 rings (SSSR count). The molecular weight excluding hydrogens is 304 g/mol. The van der Waals surface area contributed by atoms with Gasteiger partial charge in [0.25, 0.3) is 5.91 Å². The molecule has 1 aromatic rings. The van der Waals surface area contributed by atoms with Gasteiger partial charge >= 0.3 is 5.91 Å². The smallest absolute Gasteiger partial charge is 0.314 e. The maximum atomic E-state index is 12.9. The van der Waals surface area contributed by atoms with E-state index in [9.17, 15) is 9.59 Å². The Morgan fingerprint density at radius 1 is 1.25 bits per heavy atom. The molecule has 0 bridgehead atoms. The quantitative estimate of drug-likeness (QED) is 0.524. The molecule has 0 aliphatic carbocycles. The third-order valence-corrected chi connectivity index (χ3v) is 3.28. The molecule has 130 valence electrons. The molecule has 5 heteroatoms. The van der Waals surface area contributed by atoms with Crippen molar-refractivity contribution in [1.29, 1.82) is 0 Å². The van der Waals surface area contributed by atoms with Crippen LogP contribution >= 0.6 is 0 Å². The van der Waals surface area contributed by atoms with E-state index < -0.39 is 11.4 Å². The van der Waals surface area contributed by atoms with Crippen molar-refractivity contribution in [2.45, 2.75) is 52.5 Å². The van der Waals surface area contributed by atoms with E-state index in [1.165, 1.54) is 12.1 Å². The first-order valence-corrected chi connectivity index (χ1v) is 8.08. The number of benzene rings is 1. The second kappa shape index (κ2) is 8.97. The van der Waals surface area contributed by atoms with Crippen molar-refractivity contribution in [2.75, 3.05) is 7.11 Å². The van der Waals surface area contributed by atoms with Crippen LogP contribution in [0.15, 0.2) is 24.3 Å². The number of carbonyl (C=O) groups excluding carboxylic acids is 2. The second-order valence-corrected chi connectivity index (χ2v) is 6.36. The molecular formula is C19H26N2O3. The number of nitrogens with one attached hydrogen (secondary N) is 1. The number of rotatable bonds is 4. The fourth-order valence-electron chi connectivity index (χ4n) is 2.00. The number of unbranched alkanes of at least 4 members (excludes halogenated alkanes) is 2. The van der Waals surface area contributed by atoms with Crippen LogP contribution < -0.4 is 10.2 Å². The maximum absolute atomic E-state index is 12.9. The van der Waals surface area contributed by atoms with Gasteiger partial charge in [0.15, 0.2) is 0 Å². The van der Waals surface area contributed by atoms with Gasteiger partial charge in [0, 0.05) is 6.42 Å². The highest BCUT2D eigenvalue weighted by Gasteiger charge is 2.30. The summed E-state index contributed by atoms with van der Waals surface area (Å²) in [5, 5.41) is 1.29. The molecule has 24 heavy (non-hydrogen) atoms. The van der Waals surface area contributed by atoms with Gasteiger partial charge in [0.2, 0.25) is 0 Å². The molecule has 5 nitrogen and oxygen atoms in total. The lowest BCUT2D eigenvalue weighted by molar-refractivity contribution is -0.121. The van der Waals surface area contributed by atoms with Gasteiger partial charge in [-0.3, -0.25) is 15.0 Å². The largest absolute Gasteiger partial charge is 0.496 e. The van der Waals surface area contributed by atoms with Gasteiger partial charge in [0.1, 0.15) is 5.75 Å². The standard InChI is InChI=1S/C19H26N2O3/c1-6-7-8-9-14-17(22)20-21(19(2,3)4)18(23)15-12-10-11-13-16(15)24-5/h10-13H,6-8H2,1-5H3,(H,20,22). The van der Waals surface area contributed by atoms with Crippen LogP contribution in [-0.4, -0.2) is 29.5 Å². The lowest BCUT2D eigenvalue weighted by Gasteiger charge is -2.35. The van der Waals surface area contributed by atoms with Gasteiger partial charge in [-0.1, -0.05) is 31.4 Å². The van der Waals surface area contributed by atoms with Crippen LogP contribution in [-0.2, 0) is 4.79 Å². The fraction of sp³-hybridized carbons (Fsp3) is 0.474. The van der Waals surface area contributed by atoms with Crippen molar-refractivity contribution in [3.63, 3.8) is 0 Å². The third-order valence-electron chi connectivity index (χ3n) is 3.28. The van der Waals surface area contributed by atoms with E-state index in [0.717, 1.165) is 12.8 Å². The summed E-state index contributed by atoms with van der Waals surface area (Å²) in [7, 11) is 1.51. The zero-order valence-corrected chi connectivity index (χ0v) is 15.1. The third kappa shape index (κ3) is 5.62. The SMILES string of the molecule is CCCCC#CC(=O)NN(C(=O)c1ccccc1OC)C(C)(C)C. The predicted molar refractivity (Wildman–Crippen MR) is 94.4 cm³/mol. The molecule has 2 amide bonds. The monoisotopic (exact) mass is 330 g/mol. The number of methoxy groups -OCH3 is 1. The molecule has 0 aliphatic heterocycles. The summed E-state index contributed by atoms with van der Waals surface area (Å²) >= 11 is 0. The molecule has 0 saturated carbocycles. The summed E-state index contributed by atoms with van der Waals surface area (Å²) in [6, 6.07) is 6.91. The number of ether oxygens (including phenoxy) is 1. The van der Waals surface area contributed by atoms with Crippen molar-refractivity contribution in [3.05, 3.63) is 29.8 Å². The molecule has 0 atom stereocenters. The van der Waals surface area contributed by atoms with Gasteiger partial charge in [-0.05, 0) is 45.2 Å². The average Bonchev–Trinajstić information content (AvgIpc) is 2.55. The van der Waals surface area contributed by atoms with E-state index in [-0.39, 0.29) is 5.91 Å². The molecule has 0 fully saturated rings. The number of hydrogen-bond donors (Lipinski definition) is 1. The lowest BCUT2D eigenvalue weighted by atomic mass is 10.1. The number of hydrogen-bond acceptors (Lipinski definition) is 3. The number of amides is 2. The van der Waals surface area contributed by atoms with Gasteiger partial charge in [-0.2, -0.15) is 0 Å². The summed E-state index contributed by atoms with van der Waals surface area (Å²) in [6.07, 6.45) is 2.64. The first-order valence-electron chi connectivity index (χ1n) is 8.08. The lowest BCUT2D eigenvalue weighted by Crippen LogP contribution is -2.55. The Morgan fingerprint density at radius 2 is 1.92 bits per heavy atom. The minimum atomic E-state index is -0.612.